The Morgan fingerprint density at radius 1 is 1.25 bits per heavy atom. The van der Waals surface area contributed by atoms with E-state index in [0.717, 1.165) is 12.1 Å². The standard InChI is InChI=1S/C17H22N2O/c1-18(16-13-19-11-9-15(16)10-12-19)17(20)8-7-14-5-3-2-4-6-14/h2-8,15-16H,9-13H2,1H3. The van der Waals surface area contributed by atoms with E-state index in [0.29, 0.717) is 12.0 Å². The average molecular weight is 270 g/mol. The fourth-order valence-corrected chi connectivity index (χ4v) is 3.39. The van der Waals surface area contributed by atoms with Gasteiger partial charge in [-0.1, -0.05) is 30.3 Å². The summed E-state index contributed by atoms with van der Waals surface area (Å²) >= 11 is 0. The summed E-state index contributed by atoms with van der Waals surface area (Å²) in [6.07, 6.45) is 6.09. The van der Waals surface area contributed by atoms with Crippen LogP contribution in [-0.2, 0) is 4.79 Å². The van der Waals surface area contributed by atoms with Gasteiger partial charge in [0.15, 0.2) is 0 Å². The first-order chi connectivity index (χ1) is 9.74. The third-order valence-electron chi connectivity index (χ3n) is 4.68. The van der Waals surface area contributed by atoms with Gasteiger partial charge in [0, 0.05) is 25.7 Å². The molecule has 0 N–H and O–H groups in total. The van der Waals surface area contributed by atoms with Crippen LogP contribution in [0, 0.1) is 5.92 Å². The quantitative estimate of drug-likeness (QED) is 0.787. The van der Waals surface area contributed by atoms with Crippen LogP contribution in [-0.4, -0.2) is 48.4 Å². The van der Waals surface area contributed by atoms with E-state index in [-0.39, 0.29) is 5.91 Å². The SMILES string of the molecule is CN(C(=O)C=Cc1ccccc1)C1CN2CCC1CC2. The van der Waals surface area contributed by atoms with Crippen molar-refractivity contribution in [3.8, 4) is 0 Å². The van der Waals surface area contributed by atoms with Crippen molar-refractivity contribution < 1.29 is 4.79 Å². The minimum absolute atomic E-state index is 0.118. The summed E-state index contributed by atoms with van der Waals surface area (Å²) in [6.45, 7) is 3.47. The number of fused-ring (bicyclic) bond motifs is 3. The van der Waals surface area contributed by atoms with Gasteiger partial charge in [-0.3, -0.25) is 4.79 Å². The zero-order chi connectivity index (χ0) is 13.9. The van der Waals surface area contributed by atoms with Gasteiger partial charge in [0.1, 0.15) is 0 Å². The van der Waals surface area contributed by atoms with E-state index in [4.69, 9.17) is 0 Å². The van der Waals surface area contributed by atoms with Crippen LogP contribution >= 0.6 is 0 Å². The Kier molecular flexibility index (Phi) is 3.88. The summed E-state index contributed by atoms with van der Waals surface area (Å²) in [5.41, 5.74) is 1.07. The Balaban J connectivity index is 1.64. The van der Waals surface area contributed by atoms with E-state index < -0.39 is 0 Å². The van der Waals surface area contributed by atoms with Crippen molar-refractivity contribution in [3.63, 3.8) is 0 Å². The zero-order valence-electron chi connectivity index (χ0n) is 12.0. The minimum Gasteiger partial charge on any atom is -0.338 e. The number of amides is 1. The van der Waals surface area contributed by atoms with Crippen molar-refractivity contribution in [2.75, 3.05) is 26.7 Å². The van der Waals surface area contributed by atoms with Gasteiger partial charge < -0.3 is 9.80 Å². The molecule has 1 aromatic rings. The van der Waals surface area contributed by atoms with Crippen LogP contribution in [0.2, 0.25) is 0 Å². The molecule has 1 unspecified atom stereocenters. The second-order valence-corrected chi connectivity index (χ2v) is 5.90. The maximum Gasteiger partial charge on any atom is 0.246 e. The first-order valence-electron chi connectivity index (χ1n) is 7.46. The average Bonchev–Trinajstić information content (AvgIpc) is 2.54. The normalized spacial score (nSPS) is 28.8. The zero-order valence-corrected chi connectivity index (χ0v) is 12.0. The molecule has 1 amide bonds. The topological polar surface area (TPSA) is 23.6 Å². The predicted molar refractivity (Wildman–Crippen MR) is 81.2 cm³/mol. The second-order valence-electron chi connectivity index (χ2n) is 5.90. The maximum atomic E-state index is 12.3. The van der Waals surface area contributed by atoms with Gasteiger partial charge >= 0.3 is 0 Å². The van der Waals surface area contributed by atoms with Crippen LogP contribution in [0.5, 0.6) is 0 Å². The van der Waals surface area contributed by atoms with Gasteiger partial charge in [-0.05, 0) is 43.5 Å². The number of piperidine rings is 3. The van der Waals surface area contributed by atoms with Crippen LogP contribution in [0.4, 0.5) is 0 Å². The molecule has 106 valence electrons. The third-order valence-corrected chi connectivity index (χ3v) is 4.68. The van der Waals surface area contributed by atoms with Crippen LogP contribution in [0.1, 0.15) is 18.4 Å². The monoisotopic (exact) mass is 270 g/mol. The highest BCUT2D eigenvalue weighted by molar-refractivity contribution is 5.91. The number of rotatable bonds is 3. The van der Waals surface area contributed by atoms with Crippen LogP contribution in [0.3, 0.4) is 0 Å². The number of likely N-dealkylation sites (N-methyl/N-ethyl adjacent to an activating group) is 1. The van der Waals surface area contributed by atoms with E-state index in [1.165, 1.54) is 25.9 Å². The Morgan fingerprint density at radius 2 is 1.95 bits per heavy atom. The van der Waals surface area contributed by atoms with Crippen molar-refractivity contribution in [2.24, 2.45) is 5.92 Å². The fourth-order valence-electron chi connectivity index (χ4n) is 3.39. The molecule has 20 heavy (non-hydrogen) atoms. The van der Waals surface area contributed by atoms with Gasteiger partial charge in [0.25, 0.3) is 0 Å². The Labute approximate surface area is 120 Å². The van der Waals surface area contributed by atoms with Crippen molar-refractivity contribution in [1.82, 2.24) is 9.80 Å². The molecule has 3 aliphatic heterocycles. The van der Waals surface area contributed by atoms with Crippen molar-refractivity contribution in [2.45, 2.75) is 18.9 Å². The summed E-state index contributed by atoms with van der Waals surface area (Å²) in [5.74, 6) is 0.812. The molecule has 0 saturated carbocycles. The lowest BCUT2D eigenvalue weighted by Crippen LogP contribution is -2.57. The number of carbonyl (C=O) groups excluding carboxylic acids is 1. The number of carbonyl (C=O) groups is 1. The number of hydrogen-bond acceptors (Lipinski definition) is 2. The molecule has 0 aromatic heterocycles. The van der Waals surface area contributed by atoms with E-state index in [9.17, 15) is 4.79 Å². The molecule has 2 bridgehead atoms. The van der Waals surface area contributed by atoms with Crippen molar-refractivity contribution in [1.29, 1.82) is 0 Å². The molecule has 0 spiro atoms. The Morgan fingerprint density at radius 3 is 2.55 bits per heavy atom. The van der Waals surface area contributed by atoms with E-state index in [1.807, 2.05) is 48.4 Å². The van der Waals surface area contributed by atoms with Gasteiger partial charge in [0.2, 0.25) is 5.91 Å². The van der Waals surface area contributed by atoms with Crippen molar-refractivity contribution in [3.05, 3.63) is 42.0 Å². The predicted octanol–water partition coefficient (Wildman–Crippen LogP) is 2.25. The molecule has 3 heterocycles. The summed E-state index contributed by atoms with van der Waals surface area (Å²) < 4.78 is 0. The first-order valence-corrected chi connectivity index (χ1v) is 7.46. The van der Waals surface area contributed by atoms with Crippen molar-refractivity contribution >= 4 is 12.0 Å². The molecule has 1 aromatic carbocycles. The van der Waals surface area contributed by atoms with Crippen LogP contribution in [0.15, 0.2) is 36.4 Å². The summed E-state index contributed by atoms with van der Waals surface area (Å²) in [4.78, 5) is 16.7. The summed E-state index contributed by atoms with van der Waals surface area (Å²) in [7, 11) is 1.95. The third kappa shape index (κ3) is 2.78. The smallest absolute Gasteiger partial charge is 0.246 e. The lowest BCUT2D eigenvalue weighted by Gasteiger charge is -2.47. The highest BCUT2D eigenvalue weighted by atomic mass is 16.2. The molecule has 3 nitrogen and oxygen atoms in total. The van der Waals surface area contributed by atoms with Crippen LogP contribution in [0.25, 0.3) is 6.08 Å². The lowest BCUT2D eigenvalue weighted by atomic mass is 9.83. The highest BCUT2D eigenvalue weighted by Crippen LogP contribution is 2.30. The maximum absolute atomic E-state index is 12.3. The van der Waals surface area contributed by atoms with Gasteiger partial charge in [-0.2, -0.15) is 0 Å². The number of hydrogen-bond donors (Lipinski definition) is 0. The molecule has 4 rings (SSSR count). The van der Waals surface area contributed by atoms with Gasteiger partial charge in [0.05, 0.1) is 0 Å². The van der Waals surface area contributed by atoms with E-state index in [2.05, 4.69) is 4.90 Å². The molecule has 3 fully saturated rings. The minimum atomic E-state index is 0.118. The molecule has 3 aliphatic rings. The molecule has 3 heteroatoms. The Hall–Kier alpha value is -1.61. The number of nitrogens with zero attached hydrogens (tertiary/aromatic N) is 2. The van der Waals surface area contributed by atoms with E-state index >= 15 is 0 Å². The lowest BCUT2D eigenvalue weighted by molar-refractivity contribution is -0.130. The van der Waals surface area contributed by atoms with Gasteiger partial charge in [-0.15, -0.1) is 0 Å². The molecular weight excluding hydrogens is 248 g/mol. The number of benzene rings is 1. The van der Waals surface area contributed by atoms with Crippen LogP contribution < -0.4 is 0 Å². The van der Waals surface area contributed by atoms with E-state index in [1.54, 1.807) is 6.08 Å². The Bertz CT molecular complexity index is 489. The first kappa shape index (κ1) is 13.4. The second kappa shape index (κ2) is 5.80. The van der Waals surface area contributed by atoms with Gasteiger partial charge in [-0.25, -0.2) is 0 Å². The fraction of sp³-hybridized carbons (Fsp3) is 0.471. The highest BCUT2D eigenvalue weighted by Gasteiger charge is 2.37. The summed E-state index contributed by atoms with van der Waals surface area (Å²) in [5, 5.41) is 0. The molecular formula is C17H22N2O. The molecule has 0 aliphatic carbocycles. The molecule has 1 atom stereocenters. The largest absolute Gasteiger partial charge is 0.338 e. The molecule has 3 saturated heterocycles. The molecule has 0 radical (unpaired) electrons. The summed E-state index contributed by atoms with van der Waals surface area (Å²) in [6, 6.07) is 10.4.